The third-order valence-corrected chi connectivity index (χ3v) is 4.60. The van der Waals surface area contributed by atoms with Crippen molar-refractivity contribution in [3.8, 4) is 5.75 Å². The van der Waals surface area contributed by atoms with E-state index < -0.39 is 0 Å². The number of esters is 1. The zero-order valence-corrected chi connectivity index (χ0v) is 15.1. The number of benzene rings is 1. The molecule has 0 bridgehead atoms. The van der Waals surface area contributed by atoms with Gasteiger partial charge >= 0.3 is 5.97 Å². The zero-order valence-electron chi connectivity index (χ0n) is 15.1. The molecule has 0 radical (unpaired) electrons. The number of hydrogen-bond acceptors (Lipinski definition) is 4. The minimum atomic E-state index is -0.287. The highest BCUT2D eigenvalue weighted by molar-refractivity contribution is 5.92. The molecule has 0 aliphatic heterocycles. The number of ether oxygens (including phenoxy) is 2. The quantitative estimate of drug-likeness (QED) is 0.561. The topological polar surface area (TPSA) is 55.8 Å². The summed E-state index contributed by atoms with van der Waals surface area (Å²) in [5.41, 5.74) is 0.907. The number of nitrogens with zero attached hydrogens (tertiary/aromatic N) is 1. The fourth-order valence-corrected chi connectivity index (χ4v) is 3.19. The van der Waals surface area contributed by atoms with Crippen LogP contribution >= 0.6 is 0 Å². The lowest BCUT2D eigenvalue weighted by atomic mass is 9.94. The van der Waals surface area contributed by atoms with Gasteiger partial charge in [-0.2, -0.15) is 0 Å². The average molecular weight is 345 g/mol. The largest absolute Gasteiger partial charge is 0.497 e. The van der Waals surface area contributed by atoms with E-state index in [2.05, 4.69) is 0 Å². The maximum atomic E-state index is 12.7. The van der Waals surface area contributed by atoms with E-state index >= 15 is 0 Å². The predicted octanol–water partition coefficient (Wildman–Crippen LogP) is 3.43. The second kappa shape index (κ2) is 9.87. The van der Waals surface area contributed by atoms with Crippen molar-refractivity contribution in [3.63, 3.8) is 0 Å². The standard InChI is InChI=1S/C20H27NO4/c1-24-18-10-6-7-16(15-18)11-12-19(22)21(14-13-20(23)25-2)17-8-4-3-5-9-17/h6-7,10-12,15,17H,3-5,8-9,13-14H2,1-2H3/b12-11+. The number of carbonyl (C=O) groups excluding carboxylic acids is 2. The first-order valence-electron chi connectivity index (χ1n) is 8.83. The lowest BCUT2D eigenvalue weighted by molar-refractivity contribution is -0.141. The minimum Gasteiger partial charge on any atom is -0.497 e. The van der Waals surface area contributed by atoms with E-state index in [0.29, 0.717) is 6.54 Å². The summed E-state index contributed by atoms with van der Waals surface area (Å²) in [6, 6.07) is 7.76. The Hall–Kier alpha value is -2.30. The molecule has 2 rings (SSSR count). The summed E-state index contributed by atoms with van der Waals surface area (Å²) in [4.78, 5) is 26.0. The van der Waals surface area contributed by atoms with Crippen LogP contribution in [0.15, 0.2) is 30.3 Å². The van der Waals surface area contributed by atoms with Crippen molar-refractivity contribution >= 4 is 18.0 Å². The lowest BCUT2D eigenvalue weighted by Crippen LogP contribution is -2.41. The summed E-state index contributed by atoms with van der Waals surface area (Å²) < 4.78 is 9.91. The van der Waals surface area contributed by atoms with E-state index in [4.69, 9.17) is 9.47 Å². The highest BCUT2D eigenvalue weighted by atomic mass is 16.5. The number of hydrogen-bond donors (Lipinski definition) is 0. The van der Waals surface area contributed by atoms with Crippen LogP contribution < -0.4 is 4.74 Å². The fourth-order valence-electron chi connectivity index (χ4n) is 3.19. The highest BCUT2D eigenvalue weighted by Crippen LogP contribution is 2.23. The van der Waals surface area contributed by atoms with Gasteiger partial charge in [-0.15, -0.1) is 0 Å². The lowest BCUT2D eigenvalue weighted by Gasteiger charge is -2.33. The zero-order chi connectivity index (χ0) is 18.1. The van der Waals surface area contributed by atoms with Crippen LogP contribution in [-0.2, 0) is 14.3 Å². The molecule has 1 aliphatic carbocycles. The van der Waals surface area contributed by atoms with Gasteiger partial charge in [-0.3, -0.25) is 9.59 Å². The van der Waals surface area contributed by atoms with Crippen LogP contribution in [0, 0.1) is 0 Å². The highest BCUT2D eigenvalue weighted by Gasteiger charge is 2.24. The van der Waals surface area contributed by atoms with Gasteiger partial charge in [0.2, 0.25) is 5.91 Å². The number of methoxy groups -OCH3 is 2. The van der Waals surface area contributed by atoms with Crippen LogP contribution in [0.5, 0.6) is 5.75 Å². The summed E-state index contributed by atoms with van der Waals surface area (Å²) in [7, 11) is 2.99. The Labute approximate surface area is 149 Å². The molecule has 1 aromatic carbocycles. The molecular formula is C20H27NO4. The van der Waals surface area contributed by atoms with E-state index in [1.54, 1.807) is 19.3 Å². The monoisotopic (exact) mass is 345 g/mol. The van der Waals surface area contributed by atoms with Gasteiger partial charge in [0.15, 0.2) is 0 Å². The molecule has 0 unspecified atom stereocenters. The Morgan fingerprint density at radius 1 is 1.20 bits per heavy atom. The molecule has 1 saturated carbocycles. The molecule has 1 fully saturated rings. The first-order valence-corrected chi connectivity index (χ1v) is 8.83. The predicted molar refractivity (Wildman–Crippen MR) is 97.2 cm³/mol. The van der Waals surface area contributed by atoms with Crippen LogP contribution in [0.3, 0.4) is 0 Å². The van der Waals surface area contributed by atoms with Crippen molar-refractivity contribution in [2.75, 3.05) is 20.8 Å². The van der Waals surface area contributed by atoms with Crippen molar-refractivity contribution < 1.29 is 19.1 Å². The second-order valence-corrected chi connectivity index (χ2v) is 6.26. The Bertz CT molecular complexity index is 605. The Morgan fingerprint density at radius 3 is 2.64 bits per heavy atom. The Morgan fingerprint density at radius 2 is 1.96 bits per heavy atom. The smallest absolute Gasteiger partial charge is 0.307 e. The van der Waals surface area contributed by atoms with E-state index in [1.807, 2.05) is 29.2 Å². The van der Waals surface area contributed by atoms with E-state index in [0.717, 1.165) is 37.0 Å². The summed E-state index contributed by atoms with van der Waals surface area (Å²) in [6.45, 7) is 0.401. The first kappa shape index (κ1) is 19.0. The average Bonchev–Trinajstić information content (AvgIpc) is 2.67. The molecule has 25 heavy (non-hydrogen) atoms. The molecule has 1 aromatic rings. The Kier molecular flexibility index (Phi) is 7.51. The molecule has 0 heterocycles. The third-order valence-electron chi connectivity index (χ3n) is 4.60. The SMILES string of the molecule is COC(=O)CCN(C(=O)/C=C/c1cccc(OC)c1)C1CCCCC1. The van der Waals surface area contributed by atoms with Gasteiger partial charge in [-0.25, -0.2) is 0 Å². The van der Waals surface area contributed by atoms with Crippen LogP contribution in [0.1, 0.15) is 44.1 Å². The molecule has 136 valence electrons. The fraction of sp³-hybridized carbons (Fsp3) is 0.500. The van der Waals surface area contributed by atoms with Crippen LogP contribution in [0.25, 0.3) is 6.08 Å². The Balaban J connectivity index is 2.06. The number of rotatable bonds is 7. The van der Waals surface area contributed by atoms with Crippen molar-refractivity contribution in [1.29, 1.82) is 0 Å². The van der Waals surface area contributed by atoms with E-state index in [1.165, 1.54) is 13.5 Å². The summed E-state index contributed by atoms with van der Waals surface area (Å²) >= 11 is 0. The summed E-state index contributed by atoms with van der Waals surface area (Å²) in [5, 5.41) is 0. The van der Waals surface area contributed by atoms with Crippen LogP contribution in [-0.4, -0.2) is 43.6 Å². The third kappa shape index (κ3) is 5.93. The van der Waals surface area contributed by atoms with Gasteiger partial charge in [-0.1, -0.05) is 31.4 Å². The molecule has 1 amide bonds. The first-order chi connectivity index (χ1) is 12.1. The van der Waals surface area contributed by atoms with Gasteiger partial charge in [0, 0.05) is 18.7 Å². The van der Waals surface area contributed by atoms with Crippen molar-refractivity contribution in [2.24, 2.45) is 0 Å². The molecular weight excluding hydrogens is 318 g/mol. The molecule has 0 atom stereocenters. The summed E-state index contributed by atoms with van der Waals surface area (Å²) in [6.07, 6.45) is 9.08. The van der Waals surface area contributed by atoms with Gasteiger partial charge in [0.1, 0.15) is 5.75 Å². The van der Waals surface area contributed by atoms with Gasteiger partial charge < -0.3 is 14.4 Å². The molecule has 0 spiro atoms. The summed E-state index contributed by atoms with van der Waals surface area (Å²) in [5.74, 6) is 0.411. The normalized spacial score (nSPS) is 15.1. The van der Waals surface area contributed by atoms with Crippen molar-refractivity contribution in [2.45, 2.75) is 44.6 Å². The van der Waals surface area contributed by atoms with Crippen molar-refractivity contribution in [1.82, 2.24) is 4.90 Å². The molecule has 5 heteroatoms. The van der Waals surface area contributed by atoms with Crippen LogP contribution in [0.4, 0.5) is 0 Å². The van der Waals surface area contributed by atoms with E-state index in [-0.39, 0.29) is 24.3 Å². The molecule has 0 aromatic heterocycles. The minimum absolute atomic E-state index is 0.0568. The molecule has 1 aliphatic rings. The van der Waals surface area contributed by atoms with Crippen molar-refractivity contribution in [3.05, 3.63) is 35.9 Å². The molecule has 5 nitrogen and oxygen atoms in total. The van der Waals surface area contributed by atoms with E-state index in [9.17, 15) is 9.59 Å². The maximum Gasteiger partial charge on any atom is 0.307 e. The van der Waals surface area contributed by atoms with Gasteiger partial charge in [-0.05, 0) is 36.6 Å². The van der Waals surface area contributed by atoms with Gasteiger partial charge in [0.25, 0.3) is 0 Å². The van der Waals surface area contributed by atoms with Crippen LogP contribution in [0.2, 0.25) is 0 Å². The number of carbonyl (C=O) groups is 2. The maximum absolute atomic E-state index is 12.7. The molecule has 0 saturated heterocycles. The molecule has 0 N–H and O–H groups in total. The van der Waals surface area contributed by atoms with Gasteiger partial charge in [0.05, 0.1) is 20.6 Å². The number of amides is 1. The second-order valence-electron chi connectivity index (χ2n) is 6.26.